The Balaban J connectivity index is 2.34. The van der Waals surface area contributed by atoms with Gasteiger partial charge in [0.05, 0.1) is 33.3 Å². The van der Waals surface area contributed by atoms with Crippen LogP contribution in [0.15, 0.2) is 47.9 Å². The molecule has 0 aliphatic rings. The van der Waals surface area contributed by atoms with Crippen molar-refractivity contribution in [1.82, 2.24) is 4.72 Å². The van der Waals surface area contributed by atoms with Crippen molar-refractivity contribution in [2.24, 2.45) is 0 Å². The first-order valence-corrected chi connectivity index (χ1v) is 11.2. The highest BCUT2D eigenvalue weighted by molar-refractivity contribution is 7.89. The zero-order chi connectivity index (χ0) is 22.6. The minimum absolute atomic E-state index is 0.154. The number of fused-ring (bicyclic) bond motifs is 3. The molecule has 3 rings (SSSR count). The lowest BCUT2D eigenvalue weighted by atomic mass is 10.0. The van der Waals surface area contributed by atoms with Crippen molar-refractivity contribution >= 4 is 31.6 Å². The van der Waals surface area contributed by atoms with Gasteiger partial charge in [0, 0.05) is 11.9 Å². The van der Waals surface area contributed by atoms with Gasteiger partial charge in [0.25, 0.3) is 0 Å². The summed E-state index contributed by atoms with van der Waals surface area (Å²) in [5, 5.41) is 2.72. The molecule has 3 aromatic carbocycles. The third-order valence-corrected chi connectivity index (χ3v) is 6.59. The van der Waals surface area contributed by atoms with E-state index in [9.17, 15) is 8.42 Å². The minimum atomic E-state index is -3.79. The Morgan fingerprint density at radius 3 is 1.87 bits per heavy atom. The summed E-state index contributed by atoms with van der Waals surface area (Å²) in [6.45, 7) is 3.98. The van der Waals surface area contributed by atoms with Crippen molar-refractivity contribution in [3.8, 4) is 23.0 Å². The molecule has 8 heteroatoms. The van der Waals surface area contributed by atoms with Gasteiger partial charge in [0.1, 0.15) is 0 Å². The van der Waals surface area contributed by atoms with Crippen LogP contribution in [0.2, 0.25) is 0 Å². The Hall–Kier alpha value is -2.97. The molecular weight excluding hydrogens is 418 g/mol. The Morgan fingerprint density at radius 2 is 1.32 bits per heavy atom. The predicted octanol–water partition coefficient (Wildman–Crippen LogP) is 4.27. The summed E-state index contributed by atoms with van der Waals surface area (Å²) in [4.78, 5) is 0.154. The zero-order valence-electron chi connectivity index (χ0n) is 18.2. The Kier molecular flexibility index (Phi) is 6.92. The third-order valence-electron chi connectivity index (χ3n) is 5.09. The normalized spacial score (nSPS) is 11.5. The molecule has 0 atom stereocenters. The van der Waals surface area contributed by atoms with Crippen molar-refractivity contribution in [3.05, 3.63) is 43.0 Å². The third kappa shape index (κ3) is 4.40. The van der Waals surface area contributed by atoms with Crippen LogP contribution in [-0.2, 0) is 10.0 Å². The van der Waals surface area contributed by atoms with Gasteiger partial charge in [-0.15, -0.1) is 6.58 Å². The van der Waals surface area contributed by atoms with Gasteiger partial charge in [0.2, 0.25) is 10.0 Å². The number of nitrogens with one attached hydrogen (secondary N) is 1. The van der Waals surface area contributed by atoms with Crippen LogP contribution in [0.4, 0.5) is 0 Å². The van der Waals surface area contributed by atoms with E-state index in [0.29, 0.717) is 52.1 Å². The summed E-state index contributed by atoms with van der Waals surface area (Å²) in [5.74, 6) is 2.00. The maximum atomic E-state index is 13.2. The molecule has 0 aromatic heterocycles. The van der Waals surface area contributed by atoms with Crippen molar-refractivity contribution in [2.75, 3.05) is 35.0 Å². The fraction of sp³-hybridized carbons (Fsp3) is 0.304. The van der Waals surface area contributed by atoms with Crippen LogP contribution in [0.1, 0.15) is 12.8 Å². The van der Waals surface area contributed by atoms with Gasteiger partial charge in [-0.2, -0.15) is 0 Å². The summed E-state index contributed by atoms with van der Waals surface area (Å²) in [6, 6.07) is 8.69. The van der Waals surface area contributed by atoms with Gasteiger partial charge < -0.3 is 18.9 Å². The smallest absolute Gasteiger partial charge is 0.241 e. The van der Waals surface area contributed by atoms with Crippen molar-refractivity contribution in [2.45, 2.75) is 17.7 Å². The molecule has 7 nitrogen and oxygen atoms in total. The quantitative estimate of drug-likeness (QED) is 0.285. The number of unbranched alkanes of at least 4 members (excludes halogenated alkanes) is 1. The van der Waals surface area contributed by atoms with Crippen molar-refractivity contribution in [1.29, 1.82) is 0 Å². The number of hydrogen-bond acceptors (Lipinski definition) is 6. The van der Waals surface area contributed by atoms with Gasteiger partial charge in [0.15, 0.2) is 23.0 Å². The Bertz CT molecular complexity index is 1220. The average Bonchev–Trinajstić information content (AvgIpc) is 2.79. The second-order valence-electron chi connectivity index (χ2n) is 6.88. The van der Waals surface area contributed by atoms with Crippen molar-refractivity contribution < 1.29 is 27.4 Å². The Labute approximate surface area is 182 Å². The number of benzene rings is 3. The molecule has 0 unspecified atom stereocenters. The van der Waals surface area contributed by atoms with Crippen LogP contribution in [0, 0.1) is 0 Å². The Morgan fingerprint density at radius 1 is 0.806 bits per heavy atom. The molecule has 1 N–H and O–H groups in total. The van der Waals surface area contributed by atoms with E-state index in [1.165, 1.54) is 21.3 Å². The molecule has 0 radical (unpaired) electrons. The van der Waals surface area contributed by atoms with E-state index in [4.69, 9.17) is 18.9 Å². The summed E-state index contributed by atoms with van der Waals surface area (Å²) >= 11 is 0. The maximum Gasteiger partial charge on any atom is 0.241 e. The summed E-state index contributed by atoms with van der Waals surface area (Å²) in [7, 11) is 2.36. The maximum absolute atomic E-state index is 13.2. The van der Waals surface area contributed by atoms with Crippen LogP contribution < -0.4 is 23.7 Å². The minimum Gasteiger partial charge on any atom is -0.493 e. The standard InChI is InChI=1S/C23H27NO6S/c1-6-7-8-9-24-31(25,26)23-11-15-10-19(27-2)20(28-3)12-16(15)17-13-21(29-4)22(30-5)14-18(17)23/h6,10-14,24H,1,7-9H2,2-5H3. The fourth-order valence-electron chi connectivity index (χ4n) is 3.53. The van der Waals surface area contributed by atoms with Gasteiger partial charge >= 0.3 is 0 Å². The second-order valence-corrected chi connectivity index (χ2v) is 8.62. The fourth-order valence-corrected chi connectivity index (χ4v) is 4.83. The number of rotatable bonds is 10. The van der Waals surface area contributed by atoms with Gasteiger partial charge in [-0.3, -0.25) is 0 Å². The highest BCUT2D eigenvalue weighted by atomic mass is 32.2. The summed E-state index contributed by atoms with van der Waals surface area (Å²) in [5.41, 5.74) is 0. The highest BCUT2D eigenvalue weighted by Gasteiger charge is 2.22. The van der Waals surface area contributed by atoms with Crippen LogP contribution in [-0.4, -0.2) is 43.4 Å². The first-order chi connectivity index (χ1) is 14.9. The number of allylic oxidation sites excluding steroid dienone is 1. The van der Waals surface area contributed by atoms with E-state index < -0.39 is 10.0 Å². The van der Waals surface area contributed by atoms with E-state index >= 15 is 0 Å². The van der Waals surface area contributed by atoms with Crippen molar-refractivity contribution in [3.63, 3.8) is 0 Å². The molecule has 0 saturated carbocycles. The highest BCUT2D eigenvalue weighted by Crippen LogP contribution is 2.42. The van der Waals surface area contributed by atoms with E-state index in [2.05, 4.69) is 11.3 Å². The summed E-state index contributed by atoms with van der Waals surface area (Å²) < 4.78 is 50.9. The molecule has 0 bridgehead atoms. The molecular formula is C23H27NO6S. The van der Waals surface area contributed by atoms with E-state index in [0.717, 1.165) is 11.8 Å². The molecule has 166 valence electrons. The molecule has 0 heterocycles. The van der Waals surface area contributed by atoms with Crippen LogP contribution in [0.3, 0.4) is 0 Å². The van der Waals surface area contributed by atoms with Gasteiger partial charge in [-0.25, -0.2) is 13.1 Å². The number of methoxy groups -OCH3 is 4. The van der Waals surface area contributed by atoms with E-state index in [1.54, 1.807) is 37.5 Å². The molecule has 0 amide bonds. The zero-order valence-corrected chi connectivity index (χ0v) is 19.0. The molecule has 0 saturated heterocycles. The predicted molar refractivity (Wildman–Crippen MR) is 122 cm³/mol. The molecule has 0 aliphatic heterocycles. The first-order valence-electron chi connectivity index (χ1n) is 9.75. The van der Waals surface area contributed by atoms with Gasteiger partial charge in [-0.1, -0.05) is 6.08 Å². The molecule has 0 aliphatic carbocycles. The summed E-state index contributed by atoms with van der Waals surface area (Å²) in [6.07, 6.45) is 3.15. The van der Waals surface area contributed by atoms with Crippen LogP contribution >= 0.6 is 0 Å². The second kappa shape index (κ2) is 9.45. The molecule has 31 heavy (non-hydrogen) atoms. The topological polar surface area (TPSA) is 83.1 Å². The van der Waals surface area contributed by atoms with Crippen LogP contribution in [0.25, 0.3) is 21.5 Å². The molecule has 3 aromatic rings. The lowest BCUT2D eigenvalue weighted by Gasteiger charge is -2.17. The van der Waals surface area contributed by atoms with Gasteiger partial charge in [-0.05, 0) is 59.3 Å². The van der Waals surface area contributed by atoms with Crippen LogP contribution in [0.5, 0.6) is 23.0 Å². The molecule has 0 fully saturated rings. The van der Waals surface area contributed by atoms with E-state index in [1.807, 2.05) is 6.07 Å². The lowest BCUT2D eigenvalue weighted by Crippen LogP contribution is -2.25. The molecule has 0 spiro atoms. The SMILES string of the molecule is C=CCCCNS(=O)(=O)c1cc2cc(OC)c(OC)cc2c2cc(OC)c(OC)cc12. The average molecular weight is 446 g/mol. The number of sulfonamides is 1. The monoisotopic (exact) mass is 445 g/mol. The lowest BCUT2D eigenvalue weighted by molar-refractivity contribution is 0.355. The number of ether oxygens (including phenoxy) is 4. The number of hydrogen-bond donors (Lipinski definition) is 1. The van der Waals surface area contributed by atoms with E-state index in [-0.39, 0.29) is 4.90 Å². The first kappa shape index (κ1) is 22.7. The largest absolute Gasteiger partial charge is 0.493 e.